The van der Waals surface area contributed by atoms with Crippen LogP contribution in [0.3, 0.4) is 0 Å². The van der Waals surface area contributed by atoms with Gasteiger partial charge < -0.3 is 5.32 Å². The summed E-state index contributed by atoms with van der Waals surface area (Å²) in [7, 11) is -3.75. The van der Waals surface area contributed by atoms with E-state index in [4.69, 9.17) is 0 Å². The van der Waals surface area contributed by atoms with Crippen LogP contribution in [0, 0.1) is 11.7 Å². The summed E-state index contributed by atoms with van der Waals surface area (Å²) in [6, 6.07) is 13.8. The predicted octanol–water partition coefficient (Wildman–Crippen LogP) is 3.92. The van der Waals surface area contributed by atoms with Crippen LogP contribution in [0.1, 0.15) is 50.2 Å². The van der Waals surface area contributed by atoms with E-state index in [9.17, 15) is 17.6 Å². The maximum absolute atomic E-state index is 13.2. The largest absolute Gasteiger partial charge is 0.352 e. The van der Waals surface area contributed by atoms with E-state index < -0.39 is 21.8 Å². The first-order valence-corrected chi connectivity index (χ1v) is 13.6. The molecule has 0 saturated carbocycles. The van der Waals surface area contributed by atoms with Gasteiger partial charge in [-0.05, 0) is 74.5 Å². The Bertz CT molecular complexity index is 1070. The number of benzene rings is 2. The van der Waals surface area contributed by atoms with E-state index in [1.807, 2.05) is 0 Å². The lowest BCUT2D eigenvalue weighted by molar-refractivity contribution is -0.126. The summed E-state index contributed by atoms with van der Waals surface area (Å²) in [6.45, 7) is 5.31. The van der Waals surface area contributed by atoms with Gasteiger partial charge in [-0.3, -0.25) is 9.69 Å². The van der Waals surface area contributed by atoms with E-state index in [-0.39, 0.29) is 17.3 Å². The minimum atomic E-state index is -3.75. The molecule has 2 heterocycles. The fourth-order valence-electron chi connectivity index (χ4n) is 4.85. The van der Waals surface area contributed by atoms with Crippen molar-refractivity contribution in [3.8, 4) is 0 Å². The third-order valence-electron chi connectivity index (χ3n) is 7.02. The lowest BCUT2D eigenvalue weighted by atomic mass is 9.98. The van der Waals surface area contributed by atoms with Crippen LogP contribution in [0.4, 0.5) is 4.39 Å². The van der Waals surface area contributed by atoms with E-state index in [2.05, 4.69) is 41.4 Å². The molecule has 1 N–H and O–H groups in total. The van der Waals surface area contributed by atoms with E-state index >= 15 is 0 Å². The van der Waals surface area contributed by atoms with Gasteiger partial charge in [-0.25, -0.2) is 12.8 Å². The van der Waals surface area contributed by atoms with Crippen molar-refractivity contribution < 1.29 is 17.6 Å². The number of carbonyl (C=O) groups excluding carboxylic acids is 1. The number of rotatable bonds is 7. The molecule has 2 aromatic carbocycles. The smallest absolute Gasteiger partial charge is 0.243 e. The number of nitrogens with zero attached hydrogens (tertiary/aromatic N) is 2. The van der Waals surface area contributed by atoms with Crippen molar-refractivity contribution in [1.82, 2.24) is 14.5 Å². The zero-order valence-corrected chi connectivity index (χ0v) is 20.6. The maximum atomic E-state index is 13.2. The molecule has 184 valence electrons. The van der Waals surface area contributed by atoms with Gasteiger partial charge in [0.2, 0.25) is 15.9 Å². The van der Waals surface area contributed by atoms with Crippen molar-refractivity contribution in [3.05, 3.63) is 65.5 Å². The average Bonchev–Trinajstić information content (AvgIpc) is 2.85. The number of hydrogen-bond acceptors (Lipinski definition) is 4. The summed E-state index contributed by atoms with van der Waals surface area (Å²) in [5.41, 5.74) is 2.30. The maximum Gasteiger partial charge on any atom is 0.243 e. The molecule has 34 heavy (non-hydrogen) atoms. The van der Waals surface area contributed by atoms with Crippen molar-refractivity contribution in [1.29, 1.82) is 0 Å². The SMILES string of the molecule is CC1CCCCN1Cc1ccc(CNC(=O)C2CCCN(S(=O)(=O)c3ccc(F)cc3)C2)cc1. The van der Waals surface area contributed by atoms with Crippen LogP contribution in [-0.2, 0) is 27.9 Å². The molecule has 2 aromatic rings. The standard InChI is InChI=1S/C26H34FN3O3S/c1-20-5-2-3-15-29(20)18-22-9-7-21(8-10-22)17-28-26(31)23-6-4-16-30(19-23)34(32,33)25-13-11-24(27)12-14-25/h7-14,20,23H,2-6,15-19H2,1H3,(H,28,31). The number of carbonyl (C=O) groups is 1. The molecule has 6 nitrogen and oxygen atoms in total. The Balaban J connectivity index is 1.30. The van der Waals surface area contributed by atoms with Crippen molar-refractivity contribution in [2.75, 3.05) is 19.6 Å². The molecule has 0 aromatic heterocycles. The second-order valence-electron chi connectivity index (χ2n) is 9.51. The molecule has 2 saturated heterocycles. The van der Waals surface area contributed by atoms with E-state index in [1.54, 1.807) is 0 Å². The third-order valence-corrected chi connectivity index (χ3v) is 8.90. The fourth-order valence-corrected chi connectivity index (χ4v) is 6.38. The minimum absolute atomic E-state index is 0.0500. The van der Waals surface area contributed by atoms with Gasteiger partial charge in [0.05, 0.1) is 10.8 Å². The van der Waals surface area contributed by atoms with Gasteiger partial charge in [-0.2, -0.15) is 4.31 Å². The van der Waals surface area contributed by atoms with Gasteiger partial charge in [0.25, 0.3) is 0 Å². The number of amides is 1. The highest BCUT2D eigenvalue weighted by Gasteiger charge is 2.33. The predicted molar refractivity (Wildman–Crippen MR) is 130 cm³/mol. The van der Waals surface area contributed by atoms with E-state index in [1.165, 1.54) is 41.3 Å². The van der Waals surface area contributed by atoms with Crippen molar-refractivity contribution in [3.63, 3.8) is 0 Å². The second-order valence-corrected chi connectivity index (χ2v) is 11.4. The summed E-state index contributed by atoms with van der Waals surface area (Å²) in [5.74, 6) is -1.02. The summed E-state index contributed by atoms with van der Waals surface area (Å²) in [5, 5.41) is 2.98. The van der Waals surface area contributed by atoms with Crippen LogP contribution in [0.2, 0.25) is 0 Å². The Morgan fingerprint density at radius 3 is 2.38 bits per heavy atom. The number of piperidine rings is 2. The molecule has 2 fully saturated rings. The van der Waals surface area contributed by atoms with Crippen molar-refractivity contribution in [2.24, 2.45) is 5.92 Å². The third kappa shape index (κ3) is 6.03. The van der Waals surface area contributed by atoms with E-state index in [0.29, 0.717) is 32.0 Å². The number of sulfonamides is 1. The molecular weight excluding hydrogens is 453 g/mol. The van der Waals surface area contributed by atoms with Crippen LogP contribution >= 0.6 is 0 Å². The molecule has 4 rings (SSSR count). The molecule has 2 atom stereocenters. The molecule has 2 aliphatic rings. The molecule has 0 radical (unpaired) electrons. The number of nitrogens with one attached hydrogen (secondary N) is 1. The number of hydrogen-bond donors (Lipinski definition) is 1. The Kier molecular flexibility index (Phi) is 8.01. The topological polar surface area (TPSA) is 69.7 Å². The Morgan fingerprint density at radius 1 is 0.971 bits per heavy atom. The van der Waals surface area contributed by atoms with Crippen LogP contribution in [0.15, 0.2) is 53.4 Å². The minimum Gasteiger partial charge on any atom is -0.352 e. The van der Waals surface area contributed by atoms with Gasteiger partial charge in [0.1, 0.15) is 5.82 Å². The molecular formula is C26H34FN3O3S. The Labute approximate surface area is 202 Å². The second kappa shape index (κ2) is 11.0. The first-order valence-electron chi connectivity index (χ1n) is 12.2. The van der Waals surface area contributed by atoms with Crippen molar-refractivity contribution >= 4 is 15.9 Å². The Hall–Kier alpha value is -2.29. The zero-order valence-electron chi connectivity index (χ0n) is 19.7. The number of likely N-dealkylation sites (tertiary alicyclic amines) is 1. The van der Waals surface area contributed by atoms with Gasteiger partial charge in [0.15, 0.2) is 0 Å². The fraction of sp³-hybridized carbons (Fsp3) is 0.500. The molecule has 2 unspecified atom stereocenters. The molecule has 1 amide bonds. The summed E-state index contributed by atoms with van der Waals surface area (Å²) >= 11 is 0. The van der Waals surface area contributed by atoms with Crippen molar-refractivity contribution in [2.45, 2.75) is 63.1 Å². The summed E-state index contributed by atoms with van der Waals surface area (Å²) < 4.78 is 40.3. The summed E-state index contributed by atoms with van der Waals surface area (Å²) in [6.07, 6.45) is 5.09. The first-order chi connectivity index (χ1) is 16.3. The monoisotopic (exact) mass is 487 g/mol. The lowest BCUT2D eigenvalue weighted by Gasteiger charge is -2.33. The van der Waals surface area contributed by atoms with Gasteiger partial charge >= 0.3 is 0 Å². The van der Waals surface area contributed by atoms with Gasteiger partial charge in [-0.1, -0.05) is 30.7 Å². The van der Waals surface area contributed by atoms with Crippen LogP contribution < -0.4 is 5.32 Å². The van der Waals surface area contributed by atoms with Crippen LogP contribution in [0.5, 0.6) is 0 Å². The van der Waals surface area contributed by atoms with Crippen LogP contribution in [-0.4, -0.2) is 49.2 Å². The average molecular weight is 488 g/mol. The molecule has 8 heteroatoms. The van der Waals surface area contributed by atoms with Gasteiger partial charge in [0, 0.05) is 32.2 Å². The first kappa shape index (κ1) is 24.8. The highest BCUT2D eigenvalue weighted by Crippen LogP contribution is 2.24. The highest BCUT2D eigenvalue weighted by atomic mass is 32.2. The number of halogens is 1. The molecule has 2 aliphatic heterocycles. The van der Waals surface area contributed by atoms with Crippen LogP contribution in [0.25, 0.3) is 0 Å². The molecule has 0 spiro atoms. The van der Waals surface area contributed by atoms with Gasteiger partial charge in [-0.15, -0.1) is 0 Å². The highest BCUT2D eigenvalue weighted by molar-refractivity contribution is 7.89. The normalized spacial score (nSPS) is 22.4. The Morgan fingerprint density at radius 2 is 1.68 bits per heavy atom. The summed E-state index contributed by atoms with van der Waals surface area (Å²) in [4.78, 5) is 15.4. The molecule has 0 bridgehead atoms. The zero-order chi connectivity index (χ0) is 24.1. The molecule has 0 aliphatic carbocycles. The quantitative estimate of drug-likeness (QED) is 0.643. The lowest BCUT2D eigenvalue weighted by Crippen LogP contribution is -2.45. The van der Waals surface area contributed by atoms with E-state index in [0.717, 1.165) is 30.8 Å².